The van der Waals surface area contributed by atoms with Crippen LogP contribution in [0.4, 0.5) is 11.4 Å². The molecule has 3 rings (SSSR count). The molecule has 2 aromatic carbocycles. The van der Waals surface area contributed by atoms with Crippen LogP contribution in [-0.2, 0) is 0 Å². The van der Waals surface area contributed by atoms with Crippen LogP contribution in [0.25, 0.3) is 21.8 Å². The van der Waals surface area contributed by atoms with Crippen molar-refractivity contribution in [2.24, 2.45) is 0 Å². The van der Waals surface area contributed by atoms with E-state index in [1.807, 2.05) is 0 Å². The third-order valence-corrected chi connectivity index (χ3v) is 3.77. The van der Waals surface area contributed by atoms with E-state index in [0.29, 0.717) is 0 Å². The van der Waals surface area contributed by atoms with Gasteiger partial charge in [0.15, 0.2) is 0 Å². The molecule has 1 heterocycles. The van der Waals surface area contributed by atoms with Crippen LogP contribution in [0.15, 0.2) is 42.5 Å². The standard InChI is InChI=1S/C19H23N3/c1-3-9-20-16-7-5-14-11-15-6-8-17(21-10-4-2)13-19(15)22-18(14)12-16/h5-8,11-13,20-21H,3-4,9-10H2,1-2H3. The lowest BCUT2D eigenvalue weighted by molar-refractivity contribution is 0.980. The predicted molar refractivity (Wildman–Crippen MR) is 96.8 cm³/mol. The zero-order chi connectivity index (χ0) is 15.4. The van der Waals surface area contributed by atoms with Gasteiger partial charge in [0.05, 0.1) is 11.0 Å². The first-order valence-electron chi connectivity index (χ1n) is 8.12. The van der Waals surface area contributed by atoms with E-state index >= 15 is 0 Å². The number of pyridine rings is 1. The zero-order valence-corrected chi connectivity index (χ0v) is 13.3. The first kappa shape index (κ1) is 14.6. The van der Waals surface area contributed by atoms with Crippen molar-refractivity contribution in [2.75, 3.05) is 23.7 Å². The number of hydrogen-bond donors (Lipinski definition) is 2. The number of benzene rings is 2. The van der Waals surface area contributed by atoms with Crippen LogP contribution in [0.1, 0.15) is 26.7 Å². The van der Waals surface area contributed by atoms with Crippen LogP contribution in [0.3, 0.4) is 0 Å². The number of anilines is 2. The highest BCUT2D eigenvalue weighted by Crippen LogP contribution is 2.24. The van der Waals surface area contributed by atoms with E-state index in [1.165, 1.54) is 10.8 Å². The first-order chi connectivity index (χ1) is 10.8. The molecule has 0 atom stereocenters. The molecule has 0 amide bonds. The molecule has 114 valence electrons. The number of fused-ring (bicyclic) bond motifs is 2. The normalized spacial score (nSPS) is 11.0. The SMILES string of the molecule is CCCNc1ccc2cc3ccc(NCCC)cc3nc2c1. The maximum Gasteiger partial charge on any atom is 0.0730 e. The molecule has 0 spiro atoms. The molecule has 0 aliphatic rings. The molecule has 0 radical (unpaired) electrons. The Hall–Kier alpha value is -2.29. The average molecular weight is 293 g/mol. The Morgan fingerprint density at radius 1 is 0.727 bits per heavy atom. The monoisotopic (exact) mass is 293 g/mol. The summed E-state index contributed by atoms with van der Waals surface area (Å²) in [5, 5.41) is 9.21. The van der Waals surface area contributed by atoms with Gasteiger partial charge in [-0.3, -0.25) is 0 Å². The molecular formula is C19H23N3. The topological polar surface area (TPSA) is 37.0 Å². The average Bonchev–Trinajstić information content (AvgIpc) is 2.56. The highest BCUT2D eigenvalue weighted by Gasteiger charge is 2.02. The fourth-order valence-electron chi connectivity index (χ4n) is 2.58. The van der Waals surface area contributed by atoms with E-state index in [-0.39, 0.29) is 0 Å². The number of rotatable bonds is 6. The van der Waals surface area contributed by atoms with E-state index in [1.54, 1.807) is 0 Å². The van der Waals surface area contributed by atoms with Crippen molar-refractivity contribution in [3.63, 3.8) is 0 Å². The molecule has 3 nitrogen and oxygen atoms in total. The summed E-state index contributed by atoms with van der Waals surface area (Å²) in [7, 11) is 0. The lowest BCUT2D eigenvalue weighted by Crippen LogP contribution is -2.00. The minimum Gasteiger partial charge on any atom is -0.385 e. The summed E-state index contributed by atoms with van der Waals surface area (Å²) in [5.74, 6) is 0. The molecule has 0 saturated carbocycles. The second kappa shape index (κ2) is 6.65. The van der Waals surface area contributed by atoms with Gasteiger partial charge >= 0.3 is 0 Å². The van der Waals surface area contributed by atoms with E-state index in [4.69, 9.17) is 4.98 Å². The third kappa shape index (κ3) is 3.14. The van der Waals surface area contributed by atoms with Crippen molar-refractivity contribution >= 4 is 33.2 Å². The number of hydrogen-bond acceptors (Lipinski definition) is 3. The molecule has 1 aromatic heterocycles. The van der Waals surface area contributed by atoms with Gasteiger partial charge in [-0.15, -0.1) is 0 Å². The Morgan fingerprint density at radius 3 is 1.68 bits per heavy atom. The van der Waals surface area contributed by atoms with Gasteiger partial charge in [0, 0.05) is 35.2 Å². The number of nitrogens with zero attached hydrogens (tertiary/aromatic N) is 1. The Labute approximate surface area is 131 Å². The molecule has 3 aromatic rings. The zero-order valence-electron chi connectivity index (χ0n) is 13.3. The summed E-state index contributed by atoms with van der Waals surface area (Å²) in [4.78, 5) is 4.84. The second-order valence-electron chi connectivity index (χ2n) is 5.66. The van der Waals surface area contributed by atoms with Gasteiger partial charge in [-0.25, -0.2) is 4.98 Å². The minimum absolute atomic E-state index is 0.990. The third-order valence-electron chi connectivity index (χ3n) is 3.77. The van der Waals surface area contributed by atoms with Crippen LogP contribution in [-0.4, -0.2) is 18.1 Å². The largest absolute Gasteiger partial charge is 0.385 e. The second-order valence-corrected chi connectivity index (χ2v) is 5.66. The minimum atomic E-state index is 0.990. The van der Waals surface area contributed by atoms with Crippen LogP contribution >= 0.6 is 0 Å². The predicted octanol–water partition coefficient (Wildman–Crippen LogP) is 5.03. The van der Waals surface area contributed by atoms with Gasteiger partial charge in [-0.2, -0.15) is 0 Å². The Kier molecular flexibility index (Phi) is 4.42. The Morgan fingerprint density at radius 2 is 1.23 bits per heavy atom. The highest BCUT2D eigenvalue weighted by atomic mass is 14.9. The molecule has 0 unspecified atom stereocenters. The summed E-state index contributed by atoms with van der Waals surface area (Å²) in [6.45, 7) is 6.32. The number of aromatic nitrogens is 1. The van der Waals surface area contributed by atoms with Gasteiger partial charge in [-0.1, -0.05) is 26.0 Å². The fourth-order valence-corrected chi connectivity index (χ4v) is 2.58. The maximum atomic E-state index is 4.84. The van der Waals surface area contributed by atoms with E-state index in [9.17, 15) is 0 Å². The van der Waals surface area contributed by atoms with Crippen LogP contribution in [0.5, 0.6) is 0 Å². The van der Waals surface area contributed by atoms with Crippen LogP contribution in [0, 0.1) is 0 Å². The summed E-state index contributed by atoms with van der Waals surface area (Å²) >= 11 is 0. The number of nitrogens with one attached hydrogen (secondary N) is 2. The Bertz CT molecular complexity index is 717. The first-order valence-corrected chi connectivity index (χ1v) is 8.12. The smallest absolute Gasteiger partial charge is 0.0730 e. The van der Waals surface area contributed by atoms with Gasteiger partial charge in [0.2, 0.25) is 0 Å². The molecule has 0 aliphatic carbocycles. The van der Waals surface area contributed by atoms with Gasteiger partial charge < -0.3 is 10.6 Å². The molecular weight excluding hydrogens is 270 g/mol. The maximum absolute atomic E-state index is 4.84. The van der Waals surface area contributed by atoms with Crippen molar-refractivity contribution in [1.29, 1.82) is 0 Å². The van der Waals surface area contributed by atoms with Crippen molar-refractivity contribution in [3.05, 3.63) is 42.5 Å². The summed E-state index contributed by atoms with van der Waals surface area (Å²) in [6, 6.07) is 15.0. The van der Waals surface area contributed by atoms with E-state index in [0.717, 1.165) is 48.3 Å². The van der Waals surface area contributed by atoms with E-state index < -0.39 is 0 Å². The fraction of sp³-hybridized carbons (Fsp3) is 0.316. The summed E-state index contributed by atoms with van der Waals surface area (Å²) < 4.78 is 0. The molecule has 0 bridgehead atoms. The summed E-state index contributed by atoms with van der Waals surface area (Å²) in [5.41, 5.74) is 4.37. The molecule has 2 N–H and O–H groups in total. The van der Waals surface area contributed by atoms with Crippen LogP contribution < -0.4 is 10.6 Å². The highest BCUT2D eigenvalue weighted by molar-refractivity contribution is 5.95. The van der Waals surface area contributed by atoms with Gasteiger partial charge in [-0.05, 0) is 43.2 Å². The van der Waals surface area contributed by atoms with E-state index in [2.05, 4.69) is 66.9 Å². The van der Waals surface area contributed by atoms with Crippen molar-refractivity contribution < 1.29 is 0 Å². The molecule has 0 aliphatic heterocycles. The van der Waals surface area contributed by atoms with Gasteiger partial charge in [0.25, 0.3) is 0 Å². The molecule has 0 saturated heterocycles. The lowest BCUT2D eigenvalue weighted by atomic mass is 10.1. The molecule has 22 heavy (non-hydrogen) atoms. The molecule has 0 fully saturated rings. The summed E-state index contributed by atoms with van der Waals surface area (Å²) in [6.07, 6.45) is 2.24. The lowest BCUT2D eigenvalue weighted by Gasteiger charge is -2.09. The van der Waals surface area contributed by atoms with Crippen LogP contribution in [0.2, 0.25) is 0 Å². The quantitative estimate of drug-likeness (QED) is 0.626. The van der Waals surface area contributed by atoms with Gasteiger partial charge in [0.1, 0.15) is 0 Å². The van der Waals surface area contributed by atoms with Crippen molar-refractivity contribution in [1.82, 2.24) is 4.98 Å². The molecule has 3 heteroatoms. The Balaban J connectivity index is 1.99. The van der Waals surface area contributed by atoms with Crippen molar-refractivity contribution in [3.8, 4) is 0 Å². The van der Waals surface area contributed by atoms with Crippen molar-refractivity contribution in [2.45, 2.75) is 26.7 Å².